The number of amides is 2. The fourth-order valence-electron chi connectivity index (χ4n) is 3.82. The lowest BCUT2D eigenvalue weighted by Gasteiger charge is -2.11. The van der Waals surface area contributed by atoms with Gasteiger partial charge in [-0.25, -0.2) is 9.67 Å². The standard InChI is InChI=1S/C24H22N6O3/c1-14(2)30-23-18(13-26-30)17(11-20(27-23)21-8-5-9-33-21)24(32)29-28-22(31)10-15-12-25-19-7-4-3-6-16(15)19/h3-9,11-14,25H,10H2,1-2H3,(H,28,31)(H,29,32). The molecule has 9 nitrogen and oxygen atoms in total. The third kappa shape index (κ3) is 3.84. The number of benzene rings is 1. The number of pyridine rings is 1. The number of nitrogens with zero attached hydrogens (tertiary/aromatic N) is 3. The Morgan fingerprint density at radius 1 is 1.12 bits per heavy atom. The summed E-state index contributed by atoms with van der Waals surface area (Å²) in [6, 6.07) is 13.0. The van der Waals surface area contributed by atoms with Crippen LogP contribution >= 0.6 is 0 Å². The first-order chi connectivity index (χ1) is 16.0. The SMILES string of the molecule is CC(C)n1ncc2c(C(=O)NNC(=O)Cc3c[nH]c4ccccc34)cc(-c3ccco3)nc21. The van der Waals surface area contributed by atoms with E-state index in [1.54, 1.807) is 41.5 Å². The number of hydrogen-bond acceptors (Lipinski definition) is 5. The second kappa shape index (κ2) is 8.27. The summed E-state index contributed by atoms with van der Waals surface area (Å²) < 4.78 is 7.22. The van der Waals surface area contributed by atoms with Crippen molar-refractivity contribution in [2.24, 2.45) is 0 Å². The molecule has 0 spiro atoms. The van der Waals surface area contributed by atoms with E-state index in [9.17, 15) is 9.59 Å². The molecule has 0 saturated heterocycles. The van der Waals surface area contributed by atoms with Gasteiger partial charge in [-0.1, -0.05) is 18.2 Å². The van der Waals surface area contributed by atoms with Gasteiger partial charge in [-0.05, 0) is 43.7 Å². The summed E-state index contributed by atoms with van der Waals surface area (Å²) in [5.41, 5.74) is 8.24. The number of nitrogens with one attached hydrogen (secondary N) is 3. The van der Waals surface area contributed by atoms with Gasteiger partial charge in [0.25, 0.3) is 5.91 Å². The fourth-order valence-corrected chi connectivity index (χ4v) is 3.82. The van der Waals surface area contributed by atoms with E-state index in [-0.39, 0.29) is 18.4 Å². The number of carbonyl (C=O) groups excluding carboxylic acids is 2. The predicted octanol–water partition coefficient (Wildman–Crippen LogP) is 3.76. The average Bonchev–Trinajstić information content (AvgIpc) is 3.56. The predicted molar refractivity (Wildman–Crippen MR) is 123 cm³/mol. The highest BCUT2D eigenvalue weighted by Gasteiger charge is 2.20. The lowest BCUT2D eigenvalue weighted by molar-refractivity contribution is -0.121. The highest BCUT2D eigenvalue weighted by molar-refractivity contribution is 6.07. The monoisotopic (exact) mass is 442 g/mol. The van der Waals surface area contributed by atoms with Gasteiger partial charge in [-0.2, -0.15) is 5.10 Å². The minimum Gasteiger partial charge on any atom is -0.463 e. The van der Waals surface area contributed by atoms with Crippen molar-refractivity contribution >= 4 is 33.8 Å². The first-order valence-corrected chi connectivity index (χ1v) is 10.6. The molecule has 0 bridgehead atoms. The largest absolute Gasteiger partial charge is 0.463 e. The minimum absolute atomic E-state index is 0.0497. The molecule has 5 aromatic rings. The van der Waals surface area contributed by atoms with Gasteiger partial charge in [0.2, 0.25) is 5.91 Å². The summed E-state index contributed by atoms with van der Waals surface area (Å²) >= 11 is 0. The van der Waals surface area contributed by atoms with Gasteiger partial charge in [0, 0.05) is 23.1 Å². The number of rotatable bonds is 5. The molecule has 33 heavy (non-hydrogen) atoms. The third-order valence-electron chi connectivity index (χ3n) is 5.42. The smallest absolute Gasteiger partial charge is 0.270 e. The zero-order valence-corrected chi connectivity index (χ0v) is 18.1. The number of hydrogen-bond donors (Lipinski definition) is 3. The third-order valence-corrected chi connectivity index (χ3v) is 5.42. The molecule has 4 aromatic heterocycles. The van der Waals surface area contributed by atoms with Crippen LogP contribution in [0.15, 0.2) is 65.5 Å². The Bertz CT molecular complexity index is 1460. The van der Waals surface area contributed by atoms with Gasteiger partial charge >= 0.3 is 0 Å². The number of furan rings is 1. The first kappa shape index (κ1) is 20.5. The Kier molecular flexibility index (Phi) is 5.14. The van der Waals surface area contributed by atoms with E-state index in [0.717, 1.165) is 16.5 Å². The van der Waals surface area contributed by atoms with Crippen LogP contribution in [0, 0.1) is 0 Å². The normalized spacial score (nSPS) is 11.4. The molecular formula is C24H22N6O3. The summed E-state index contributed by atoms with van der Waals surface area (Å²) in [6.07, 6.45) is 5.08. The molecule has 5 rings (SSSR count). The maximum Gasteiger partial charge on any atom is 0.270 e. The van der Waals surface area contributed by atoms with Crippen molar-refractivity contribution in [3.63, 3.8) is 0 Å². The van der Waals surface area contributed by atoms with E-state index in [0.29, 0.717) is 28.1 Å². The minimum atomic E-state index is -0.467. The fraction of sp³-hybridized carbons (Fsp3) is 0.167. The molecule has 4 heterocycles. The van der Waals surface area contributed by atoms with Gasteiger partial charge in [0.1, 0.15) is 5.69 Å². The Balaban J connectivity index is 1.39. The van der Waals surface area contributed by atoms with Gasteiger partial charge in [0.05, 0.1) is 29.8 Å². The van der Waals surface area contributed by atoms with Crippen LogP contribution in [0.1, 0.15) is 35.8 Å². The van der Waals surface area contributed by atoms with E-state index in [1.165, 1.54) is 0 Å². The molecule has 3 N–H and O–H groups in total. The molecule has 0 radical (unpaired) electrons. The van der Waals surface area contributed by atoms with E-state index in [1.807, 2.05) is 38.1 Å². The first-order valence-electron chi connectivity index (χ1n) is 10.6. The molecule has 1 aromatic carbocycles. The lowest BCUT2D eigenvalue weighted by Crippen LogP contribution is -2.42. The molecule has 0 aliphatic heterocycles. The molecule has 0 saturated carbocycles. The van der Waals surface area contributed by atoms with Crippen molar-refractivity contribution in [2.75, 3.05) is 0 Å². The van der Waals surface area contributed by atoms with Crippen LogP contribution in [0.25, 0.3) is 33.4 Å². The van der Waals surface area contributed by atoms with Crippen molar-refractivity contribution in [1.29, 1.82) is 0 Å². The molecule has 2 amide bonds. The van der Waals surface area contributed by atoms with Crippen LogP contribution in [-0.4, -0.2) is 31.6 Å². The molecular weight excluding hydrogens is 420 g/mol. The van der Waals surface area contributed by atoms with E-state index < -0.39 is 5.91 Å². The molecule has 0 atom stereocenters. The molecule has 0 fully saturated rings. The molecule has 0 unspecified atom stereocenters. The van der Waals surface area contributed by atoms with Crippen LogP contribution in [0.2, 0.25) is 0 Å². The quantitative estimate of drug-likeness (QED) is 0.358. The highest BCUT2D eigenvalue weighted by atomic mass is 16.3. The molecule has 0 aliphatic carbocycles. The molecule has 166 valence electrons. The van der Waals surface area contributed by atoms with Crippen molar-refractivity contribution in [3.8, 4) is 11.5 Å². The number of H-pyrrole nitrogens is 1. The van der Waals surface area contributed by atoms with E-state index in [4.69, 9.17) is 4.42 Å². The Labute approximate surface area is 188 Å². The van der Waals surface area contributed by atoms with Gasteiger partial charge < -0.3 is 9.40 Å². The summed E-state index contributed by atoms with van der Waals surface area (Å²) in [5, 5.41) is 5.94. The molecule has 0 aliphatic rings. The van der Waals surface area contributed by atoms with Crippen LogP contribution in [0.4, 0.5) is 0 Å². The van der Waals surface area contributed by atoms with E-state index in [2.05, 4.69) is 25.9 Å². The second-order valence-corrected chi connectivity index (χ2v) is 7.99. The summed E-state index contributed by atoms with van der Waals surface area (Å²) in [4.78, 5) is 33.4. The van der Waals surface area contributed by atoms with Crippen LogP contribution in [0.3, 0.4) is 0 Å². The highest BCUT2D eigenvalue weighted by Crippen LogP contribution is 2.26. The van der Waals surface area contributed by atoms with Gasteiger partial charge in [-0.3, -0.25) is 20.4 Å². The summed E-state index contributed by atoms with van der Waals surface area (Å²) in [6.45, 7) is 3.97. The number of aromatic amines is 1. The number of fused-ring (bicyclic) bond motifs is 2. The zero-order valence-electron chi connectivity index (χ0n) is 18.1. The van der Waals surface area contributed by atoms with Crippen molar-refractivity contribution in [3.05, 3.63) is 72.2 Å². The lowest BCUT2D eigenvalue weighted by atomic mass is 10.1. The number of hydrazine groups is 1. The van der Waals surface area contributed by atoms with Crippen molar-refractivity contribution in [2.45, 2.75) is 26.3 Å². The van der Waals surface area contributed by atoms with Crippen molar-refractivity contribution in [1.82, 2.24) is 30.6 Å². The summed E-state index contributed by atoms with van der Waals surface area (Å²) in [5.74, 6) is -0.265. The number of para-hydroxylation sites is 1. The Morgan fingerprint density at radius 2 is 1.97 bits per heavy atom. The van der Waals surface area contributed by atoms with Crippen molar-refractivity contribution < 1.29 is 14.0 Å². The Hall–Kier alpha value is -4.40. The second-order valence-electron chi connectivity index (χ2n) is 7.99. The topological polar surface area (TPSA) is 118 Å². The molecule has 9 heteroatoms. The zero-order chi connectivity index (χ0) is 22.9. The van der Waals surface area contributed by atoms with Gasteiger partial charge in [0.15, 0.2) is 11.4 Å². The Morgan fingerprint density at radius 3 is 2.76 bits per heavy atom. The maximum absolute atomic E-state index is 13.1. The number of carbonyl (C=O) groups is 2. The maximum atomic E-state index is 13.1. The van der Waals surface area contributed by atoms with E-state index >= 15 is 0 Å². The van der Waals surface area contributed by atoms with Crippen LogP contribution in [0.5, 0.6) is 0 Å². The number of aromatic nitrogens is 4. The van der Waals surface area contributed by atoms with Crippen LogP contribution in [-0.2, 0) is 11.2 Å². The van der Waals surface area contributed by atoms with Crippen LogP contribution < -0.4 is 10.9 Å². The summed E-state index contributed by atoms with van der Waals surface area (Å²) in [7, 11) is 0. The average molecular weight is 442 g/mol. The van der Waals surface area contributed by atoms with Gasteiger partial charge in [-0.15, -0.1) is 0 Å².